The highest BCUT2D eigenvalue weighted by Crippen LogP contribution is 2.23. The molecule has 3 rings (SSSR count). The van der Waals surface area contributed by atoms with E-state index in [1.807, 2.05) is 25.1 Å². The summed E-state index contributed by atoms with van der Waals surface area (Å²) >= 11 is 5.95. The van der Waals surface area contributed by atoms with Crippen LogP contribution in [-0.2, 0) is 4.79 Å². The predicted molar refractivity (Wildman–Crippen MR) is 84.3 cm³/mol. The molecule has 0 radical (unpaired) electrons. The molecule has 0 atom stereocenters. The predicted octanol–water partition coefficient (Wildman–Crippen LogP) is 3.81. The largest absolute Gasteiger partial charge is 0.482 e. The highest BCUT2D eigenvalue weighted by Gasteiger charge is 2.11. The Morgan fingerprint density at radius 1 is 1.32 bits per heavy atom. The number of anilines is 1. The molecule has 5 nitrogen and oxygen atoms in total. The van der Waals surface area contributed by atoms with Gasteiger partial charge in [0.2, 0.25) is 0 Å². The van der Waals surface area contributed by atoms with Crippen LogP contribution in [0.3, 0.4) is 0 Å². The van der Waals surface area contributed by atoms with E-state index in [0.29, 0.717) is 21.9 Å². The summed E-state index contributed by atoms with van der Waals surface area (Å²) in [6, 6.07) is 12.7. The zero-order valence-electron chi connectivity index (χ0n) is 11.8. The van der Waals surface area contributed by atoms with Gasteiger partial charge >= 0.3 is 6.01 Å². The number of para-hydroxylation sites is 1. The second-order valence-corrected chi connectivity index (χ2v) is 5.16. The molecule has 1 amide bonds. The van der Waals surface area contributed by atoms with Gasteiger partial charge in [0, 0.05) is 0 Å². The molecule has 0 aliphatic rings. The highest BCUT2D eigenvalue weighted by molar-refractivity contribution is 6.32. The first-order chi connectivity index (χ1) is 10.6. The monoisotopic (exact) mass is 316 g/mol. The second-order valence-electron chi connectivity index (χ2n) is 4.76. The van der Waals surface area contributed by atoms with Crippen LogP contribution in [0.2, 0.25) is 5.02 Å². The van der Waals surface area contributed by atoms with Gasteiger partial charge in [0.1, 0.15) is 11.3 Å². The first-order valence-corrected chi connectivity index (χ1v) is 7.04. The van der Waals surface area contributed by atoms with Crippen LogP contribution in [-0.4, -0.2) is 17.5 Å². The number of hydrogen-bond donors (Lipinski definition) is 1. The summed E-state index contributed by atoms with van der Waals surface area (Å²) in [5.74, 6) is 0.0794. The summed E-state index contributed by atoms with van der Waals surface area (Å²) in [5.41, 5.74) is 2.37. The molecule has 0 bridgehead atoms. The summed E-state index contributed by atoms with van der Waals surface area (Å²) < 4.78 is 10.8. The number of ether oxygens (including phenoxy) is 1. The van der Waals surface area contributed by atoms with Crippen molar-refractivity contribution in [2.45, 2.75) is 6.92 Å². The number of aryl methyl sites for hydroxylation is 1. The maximum Gasteiger partial charge on any atom is 0.302 e. The minimum atomic E-state index is -0.372. The van der Waals surface area contributed by atoms with Gasteiger partial charge in [-0.1, -0.05) is 29.8 Å². The summed E-state index contributed by atoms with van der Waals surface area (Å²) in [4.78, 5) is 16.0. The van der Waals surface area contributed by atoms with Crippen LogP contribution in [0.5, 0.6) is 5.75 Å². The van der Waals surface area contributed by atoms with Crippen molar-refractivity contribution in [1.29, 1.82) is 0 Å². The maximum absolute atomic E-state index is 11.9. The molecule has 22 heavy (non-hydrogen) atoms. The number of rotatable bonds is 4. The van der Waals surface area contributed by atoms with Crippen LogP contribution >= 0.6 is 11.6 Å². The number of nitrogens with one attached hydrogen (secondary N) is 1. The smallest absolute Gasteiger partial charge is 0.302 e. The Balaban J connectivity index is 1.64. The van der Waals surface area contributed by atoms with Crippen molar-refractivity contribution in [1.82, 2.24) is 4.98 Å². The number of fused-ring (bicyclic) bond motifs is 1. The van der Waals surface area contributed by atoms with E-state index in [-0.39, 0.29) is 18.5 Å². The topological polar surface area (TPSA) is 64.4 Å². The van der Waals surface area contributed by atoms with Gasteiger partial charge < -0.3 is 9.15 Å². The van der Waals surface area contributed by atoms with Crippen LogP contribution in [0.4, 0.5) is 6.01 Å². The molecule has 2 aromatic carbocycles. The van der Waals surface area contributed by atoms with Crippen molar-refractivity contribution in [2.75, 3.05) is 11.9 Å². The van der Waals surface area contributed by atoms with Gasteiger partial charge in [0.25, 0.3) is 5.91 Å². The minimum Gasteiger partial charge on any atom is -0.482 e. The van der Waals surface area contributed by atoms with Crippen LogP contribution in [0.1, 0.15) is 5.56 Å². The Labute approximate surface area is 131 Å². The molecule has 0 fully saturated rings. The third-order valence-corrected chi connectivity index (χ3v) is 3.30. The minimum absolute atomic E-state index is 0.147. The third kappa shape index (κ3) is 3.20. The first kappa shape index (κ1) is 14.4. The van der Waals surface area contributed by atoms with E-state index in [2.05, 4.69) is 10.3 Å². The van der Waals surface area contributed by atoms with Gasteiger partial charge in [-0.3, -0.25) is 10.1 Å². The quantitative estimate of drug-likeness (QED) is 0.795. The van der Waals surface area contributed by atoms with E-state index in [1.165, 1.54) is 0 Å². The molecule has 0 aliphatic heterocycles. The Morgan fingerprint density at radius 2 is 2.14 bits per heavy atom. The van der Waals surface area contributed by atoms with Crippen LogP contribution in [0.25, 0.3) is 11.1 Å². The fourth-order valence-corrected chi connectivity index (χ4v) is 2.14. The number of amides is 1. The van der Waals surface area contributed by atoms with Crippen molar-refractivity contribution < 1.29 is 13.9 Å². The lowest BCUT2D eigenvalue weighted by atomic mass is 10.2. The molecule has 1 heterocycles. The number of aromatic nitrogens is 1. The lowest BCUT2D eigenvalue weighted by molar-refractivity contribution is -0.118. The third-order valence-electron chi connectivity index (χ3n) is 2.99. The van der Waals surface area contributed by atoms with Crippen LogP contribution in [0, 0.1) is 6.92 Å². The van der Waals surface area contributed by atoms with Gasteiger partial charge in [-0.2, -0.15) is 4.98 Å². The SMILES string of the molecule is Cc1ccc2nc(NC(=O)COc3ccccc3Cl)oc2c1. The van der Waals surface area contributed by atoms with Crippen molar-refractivity contribution in [3.8, 4) is 5.75 Å². The molecule has 3 aromatic rings. The average molecular weight is 317 g/mol. The van der Waals surface area contributed by atoms with E-state index in [9.17, 15) is 4.79 Å². The number of benzene rings is 2. The van der Waals surface area contributed by atoms with E-state index in [4.69, 9.17) is 20.8 Å². The Kier molecular flexibility index (Phi) is 3.98. The molecule has 0 saturated heterocycles. The molecular weight excluding hydrogens is 304 g/mol. The molecule has 6 heteroatoms. The van der Waals surface area contributed by atoms with E-state index in [0.717, 1.165) is 5.56 Å². The first-order valence-electron chi connectivity index (χ1n) is 6.66. The van der Waals surface area contributed by atoms with Gasteiger partial charge in [-0.15, -0.1) is 0 Å². The molecule has 0 aliphatic carbocycles. The molecule has 1 N–H and O–H groups in total. The second kappa shape index (κ2) is 6.07. The van der Waals surface area contributed by atoms with Crippen LogP contribution in [0.15, 0.2) is 46.9 Å². The summed E-state index contributed by atoms with van der Waals surface area (Å²) in [5, 5.41) is 3.01. The zero-order chi connectivity index (χ0) is 15.5. The molecular formula is C16H13ClN2O3. The van der Waals surface area contributed by atoms with Gasteiger partial charge in [-0.05, 0) is 36.8 Å². The molecule has 0 unspecified atom stereocenters. The number of nitrogens with zero attached hydrogens (tertiary/aromatic N) is 1. The van der Waals surface area contributed by atoms with E-state index in [1.54, 1.807) is 24.3 Å². The lowest BCUT2D eigenvalue weighted by Crippen LogP contribution is -2.20. The number of carbonyl (C=O) groups is 1. The van der Waals surface area contributed by atoms with Crippen molar-refractivity contribution in [3.05, 3.63) is 53.1 Å². The fraction of sp³-hybridized carbons (Fsp3) is 0.125. The highest BCUT2D eigenvalue weighted by atomic mass is 35.5. The Morgan fingerprint density at radius 3 is 2.95 bits per heavy atom. The number of carbonyl (C=O) groups excluding carboxylic acids is 1. The Bertz CT molecular complexity index is 829. The normalized spacial score (nSPS) is 10.6. The standard InChI is InChI=1S/C16H13ClN2O3/c1-10-6-7-12-14(8-10)22-16(18-12)19-15(20)9-21-13-5-3-2-4-11(13)17/h2-8H,9H2,1H3,(H,18,19,20). The van der Waals surface area contributed by atoms with Crippen molar-refractivity contribution >= 4 is 34.6 Å². The lowest BCUT2D eigenvalue weighted by Gasteiger charge is -2.06. The van der Waals surface area contributed by atoms with E-state index >= 15 is 0 Å². The number of hydrogen-bond acceptors (Lipinski definition) is 4. The fourth-order valence-electron chi connectivity index (χ4n) is 1.95. The number of oxazole rings is 1. The zero-order valence-corrected chi connectivity index (χ0v) is 12.6. The summed E-state index contributed by atoms with van der Waals surface area (Å²) in [7, 11) is 0. The van der Waals surface area contributed by atoms with Gasteiger partial charge in [0.05, 0.1) is 5.02 Å². The van der Waals surface area contributed by atoms with E-state index < -0.39 is 0 Å². The maximum atomic E-state index is 11.9. The molecule has 1 aromatic heterocycles. The number of halogens is 1. The molecule has 0 spiro atoms. The summed E-state index contributed by atoms with van der Waals surface area (Å²) in [6.45, 7) is 1.78. The van der Waals surface area contributed by atoms with Gasteiger partial charge in [-0.25, -0.2) is 0 Å². The van der Waals surface area contributed by atoms with Gasteiger partial charge in [0.15, 0.2) is 12.2 Å². The average Bonchev–Trinajstić information content (AvgIpc) is 2.87. The van der Waals surface area contributed by atoms with Crippen molar-refractivity contribution in [3.63, 3.8) is 0 Å². The molecule has 0 saturated carbocycles. The van der Waals surface area contributed by atoms with Crippen molar-refractivity contribution in [2.24, 2.45) is 0 Å². The van der Waals surface area contributed by atoms with Crippen LogP contribution < -0.4 is 10.1 Å². The summed E-state index contributed by atoms with van der Waals surface area (Å²) in [6.07, 6.45) is 0. The Hall–Kier alpha value is -2.53. The molecule has 112 valence electrons.